The van der Waals surface area contributed by atoms with E-state index in [0.717, 1.165) is 4.90 Å². The van der Waals surface area contributed by atoms with Gasteiger partial charge in [0.05, 0.1) is 28.2 Å². The van der Waals surface area contributed by atoms with E-state index in [4.69, 9.17) is 52.1 Å². The number of halogens is 4. The molecule has 5 rings (SSSR count). The molecule has 3 atom stereocenters. The zero-order valence-corrected chi connectivity index (χ0v) is 19.6. The van der Waals surface area contributed by atoms with Gasteiger partial charge < -0.3 is 5.73 Å². The van der Waals surface area contributed by atoms with E-state index in [2.05, 4.69) is 5.32 Å². The highest BCUT2D eigenvalue weighted by atomic mass is 35.5. The fraction of sp³-hybridized carbons (Fsp3) is 0.300. The quantitative estimate of drug-likeness (QED) is 0.329. The maximum absolute atomic E-state index is 13.7. The second-order valence-electron chi connectivity index (χ2n) is 8.08. The van der Waals surface area contributed by atoms with Crippen molar-refractivity contribution in [3.05, 3.63) is 56.0 Å². The van der Waals surface area contributed by atoms with Gasteiger partial charge in [-0.05, 0) is 43.2 Å². The molecule has 0 aromatic heterocycles. The summed E-state index contributed by atoms with van der Waals surface area (Å²) in [7, 11) is -0.421. The summed E-state index contributed by atoms with van der Waals surface area (Å²) in [5, 5.41) is 2.91. The Hall–Kier alpha value is -1.40. The molecule has 2 aromatic carbocycles. The maximum Gasteiger partial charge on any atom is 0.240 e. The summed E-state index contributed by atoms with van der Waals surface area (Å²) in [4.78, 5) is 28.3. The average Bonchev–Trinajstić information content (AvgIpc) is 3.31. The Bertz CT molecular complexity index is 1170. The lowest BCUT2D eigenvalue weighted by molar-refractivity contribution is -0.123. The molecule has 1 aliphatic carbocycles. The topological polar surface area (TPSA) is 92.5 Å². The van der Waals surface area contributed by atoms with E-state index in [1.54, 1.807) is 0 Å². The minimum atomic E-state index is -1.45. The molecule has 3 aliphatic rings. The Morgan fingerprint density at radius 1 is 0.935 bits per heavy atom. The fourth-order valence-corrected chi connectivity index (χ4v) is 6.87. The van der Waals surface area contributed by atoms with Crippen molar-refractivity contribution in [1.29, 1.82) is 0 Å². The second-order valence-corrected chi connectivity index (χ2v) is 10.7. The van der Waals surface area contributed by atoms with E-state index in [9.17, 15) is 14.2 Å². The molecular weight excluding hydrogens is 503 g/mol. The summed E-state index contributed by atoms with van der Waals surface area (Å²) in [6.45, 7) is 0. The summed E-state index contributed by atoms with van der Waals surface area (Å²) in [5.74, 6) is -2.60. The van der Waals surface area contributed by atoms with Crippen molar-refractivity contribution in [3.63, 3.8) is 0 Å². The average molecular weight is 517 g/mol. The third-order valence-corrected chi connectivity index (χ3v) is 8.22. The monoisotopic (exact) mass is 515 g/mol. The SMILES string of the molecule is Nc1c(Cl)cc(Cl)cc1C1(P=O)NC2(CC2)C2C(=O)N(c3cc(Cl)cc(Cl)c3)C(=O)C21. The van der Waals surface area contributed by atoms with E-state index in [0.29, 0.717) is 28.5 Å². The lowest BCUT2D eigenvalue weighted by Crippen LogP contribution is -2.47. The molecule has 3 N–H and O–H groups in total. The number of benzene rings is 2. The highest BCUT2D eigenvalue weighted by Gasteiger charge is 2.75. The molecule has 11 heteroatoms. The van der Waals surface area contributed by atoms with Crippen LogP contribution in [0, 0.1) is 11.8 Å². The first-order valence-corrected chi connectivity index (χ1v) is 11.7. The third kappa shape index (κ3) is 2.97. The molecule has 2 heterocycles. The number of rotatable bonds is 3. The number of hydrogen-bond acceptors (Lipinski definition) is 5. The van der Waals surface area contributed by atoms with Crippen LogP contribution in [-0.4, -0.2) is 17.4 Å². The van der Waals surface area contributed by atoms with E-state index in [1.807, 2.05) is 0 Å². The molecule has 1 saturated carbocycles. The standard InChI is InChI=1S/C20H14Cl4N3O3P/c21-8-3-9(22)5-11(4-8)27-17(28)14-15(18(27)29)20(31-30,26-19(14)1-2-19)12-6-10(23)7-13(24)16(12)25/h3-7,14-15,26H,1-2,25H2. The van der Waals surface area contributed by atoms with Gasteiger partial charge >= 0.3 is 0 Å². The largest absolute Gasteiger partial charge is 0.397 e. The van der Waals surface area contributed by atoms with Gasteiger partial charge in [0.1, 0.15) is 5.28 Å². The van der Waals surface area contributed by atoms with E-state index < -0.39 is 42.9 Å². The first-order chi connectivity index (χ1) is 14.6. The van der Waals surface area contributed by atoms with Crippen molar-refractivity contribution in [2.24, 2.45) is 11.8 Å². The smallest absolute Gasteiger partial charge is 0.240 e. The first kappa shape index (κ1) is 21.4. The van der Waals surface area contributed by atoms with Crippen molar-refractivity contribution < 1.29 is 14.2 Å². The molecule has 0 radical (unpaired) electrons. The normalized spacial score (nSPS) is 28.6. The zero-order valence-electron chi connectivity index (χ0n) is 15.7. The summed E-state index contributed by atoms with van der Waals surface area (Å²) in [6, 6.07) is 7.52. The van der Waals surface area contributed by atoms with Gasteiger partial charge in [0.2, 0.25) is 11.8 Å². The van der Waals surface area contributed by atoms with E-state index in [1.165, 1.54) is 30.3 Å². The minimum Gasteiger partial charge on any atom is -0.397 e. The number of carbonyl (C=O) groups is 2. The molecule has 3 unspecified atom stereocenters. The van der Waals surface area contributed by atoms with Crippen LogP contribution in [0.4, 0.5) is 11.4 Å². The van der Waals surface area contributed by atoms with Gasteiger partial charge in [-0.2, -0.15) is 0 Å². The highest BCUT2D eigenvalue weighted by Crippen LogP contribution is 2.65. The Morgan fingerprint density at radius 3 is 2.10 bits per heavy atom. The summed E-state index contributed by atoms with van der Waals surface area (Å²) < 4.78 is 12.7. The molecular formula is C20H14Cl4N3O3P. The lowest BCUT2D eigenvalue weighted by Gasteiger charge is -2.31. The number of fused-ring (bicyclic) bond motifs is 2. The van der Waals surface area contributed by atoms with Crippen LogP contribution in [0.5, 0.6) is 0 Å². The number of nitrogen functional groups attached to an aromatic ring is 1. The minimum absolute atomic E-state index is 0.155. The molecule has 160 valence electrons. The summed E-state index contributed by atoms with van der Waals surface area (Å²) >= 11 is 24.7. The zero-order chi connectivity index (χ0) is 22.3. The van der Waals surface area contributed by atoms with Crippen molar-refractivity contribution in [1.82, 2.24) is 5.32 Å². The van der Waals surface area contributed by atoms with Gasteiger partial charge in [0.25, 0.3) is 0 Å². The van der Waals surface area contributed by atoms with Crippen LogP contribution in [-0.2, 0) is 19.4 Å². The number of amides is 2. The van der Waals surface area contributed by atoms with Crippen LogP contribution in [0.3, 0.4) is 0 Å². The van der Waals surface area contributed by atoms with Gasteiger partial charge in [-0.15, -0.1) is 0 Å². The number of imide groups is 1. The van der Waals surface area contributed by atoms with Crippen LogP contribution in [0.2, 0.25) is 20.1 Å². The maximum atomic E-state index is 13.7. The van der Waals surface area contributed by atoms with Crippen LogP contribution in [0.15, 0.2) is 30.3 Å². The van der Waals surface area contributed by atoms with Gasteiger partial charge in [0.15, 0.2) is 8.46 Å². The molecule has 0 bridgehead atoms. The van der Waals surface area contributed by atoms with Gasteiger partial charge in [-0.1, -0.05) is 46.4 Å². The number of carbonyl (C=O) groups excluding carboxylic acids is 2. The van der Waals surface area contributed by atoms with Crippen molar-refractivity contribution in [2.75, 3.05) is 10.6 Å². The number of nitrogens with one attached hydrogen (secondary N) is 1. The predicted molar refractivity (Wildman–Crippen MR) is 121 cm³/mol. The van der Waals surface area contributed by atoms with Gasteiger partial charge in [0, 0.05) is 26.2 Å². The van der Waals surface area contributed by atoms with Crippen molar-refractivity contribution in [2.45, 2.75) is 23.7 Å². The first-order valence-electron chi connectivity index (χ1n) is 9.36. The Morgan fingerprint density at radius 2 is 1.52 bits per heavy atom. The molecule has 2 saturated heterocycles. The molecule has 2 aromatic rings. The molecule has 6 nitrogen and oxygen atoms in total. The van der Waals surface area contributed by atoms with E-state index >= 15 is 0 Å². The Kier molecular flexibility index (Phi) is 4.88. The number of nitrogens with zero attached hydrogens (tertiary/aromatic N) is 1. The summed E-state index contributed by atoms with van der Waals surface area (Å²) in [6.07, 6.45) is 1.31. The molecule has 2 amide bonds. The number of nitrogens with two attached hydrogens (primary N) is 1. The Balaban J connectivity index is 1.71. The lowest BCUT2D eigenvalue weighted by atomic mass is 9.84. The molecule has 2 aliphatic heterocycles. The van der Waals surface area contributed by atoms with Crippen LogP contribution in [0.25, 0.3) is 0 Å². The summed E-state index contributed by atoms with van der Waals surface area (Å²) in [5.41, 5.74) is 6.32. The Labute approximate surface area is 199 Å². The van der Waals surface area contributed by atoms with Crippen molar-refractivity contribution in [3.8, 4) is 0 Å². The number of anilines is 2. The molecule has 3 fully saturated rings. The highest BCUT2D eigenvalue weighted by molar-refractivity contribution is 7.25. The fourth-order valence-electron chi connectivity index (χ4n) is 4.94. The number of hydrogen-bond donors (Lipinski definition) is 2. The van der Waals surface area contributed by atoms with Crippen LogP contribution < -0.4 is 16.0 Å². The van der Waals surface area contributed by atoms with Gasteiger partial charge in [-0.3, -0.25) is 19.5 Å². The van der Waals surface area contributed by atoms with Gasteiger partial charge in [-0.25, -0.2) is 4.90 Å². The predicted octanol–water partition coefficient (Wildman–Crippen LogP) is 5.27. The second kappa shape index (κ2) is 7.05. The molecule has 31 heavy (non-hydrogen) atoms. The third-order valence-electron chi connectivity index (χ3n) is 6.33. The van der Waals surface area contributed by atoms with Crippen LogP contribution >= 0.6 is 54.9 Å². The van der Waals surface area contributed by atoms with E-state index in [-0.39, 0.29) is 21.4 Å². The van der Waals surface area contributed by atoms with Crippen LogP contribution in [0.1, 0.15) is 18.4 Å². The molecule has 1 spiro atoms. The van der Waals surface area contributed by atoms with Crippen molar-refractivity contribution >= 4 is 78.1 Å².